The quantitative estimate of drug-likeness (QED) is 0.229. The number of nitrogens with zero attached hydrogens (tertiary/aromatic N) is 2. The first-order valence-corrected chi connectivity index (χ1v) is 14.1. The molecule has 0 amide bonds. The van der Waals surface area contributed by atoms with Gasteiger partial charge in [0.2, 0.25) is 0 Å². The van der Waals surface area contributed by atoms with Crippen LogP contribution < -0.4 is 15.0 Å². The van der Waals surface area contributed by atoms with Gasteiger partial charge in [-0.25, -0.2) is 12.8 Å². The van der Waals surface area contributed by atoms with Crippen molar-refractivity contribution in [2.24, 2.45) is 0 Å². The number of aromatic nitrogens is 2. The van der Waals surface area contributed by atoms with Gasteiger partial charge in [-0.05, 0) is 49.9 Å². The van der Waals surface area contributed by atoms with Crippen molar-refractivity contribution in [3.63, 3.8) is 0 Å². The van der Waals surface area contributed by atoms with E-state index in [1.54, 1.807) is 0 Å². The molecule has 1 fully saturated rings. The zero-order valence-corrected chi connectivity index (χ0v) is 22.8. The highest BCUT2D eigenvalue weighted by molar-refractivity contribution is 7.92. The zero-order valence-electron chi connectivity index (χ0n) is 22.0. The predicted molar refractivity (Wildman–Crippen MR) is 143 cm³/mol. The van der Waals surface area contributed by atoms with Crippen molar-refractivity contribution in [1.82, 2.24) is 9.72 Å². The van der Waals surface area contributed by atoms with Gasteiger partial charge in [-0.3, -0.25) is 14.1 Å². The summed E-state index contributed by atoms with van der Waals surface area (Å²) in [5.41, 5.74) is -1.79. The fourth-order valence-corrected chi connectivity index (χ4v) is 5.76. The van der Waals surface area contributed by atoms with Crippen molar-refractivity contribution in [3.05, 3.63) is 76.5 Å². The molecular weight excluding hydrogens is 582 g/mol. The van der Waals surface area contributed by atoms with Crippen LogP contribution in [0, 0.1) is 17.7 Å². The van der Waals surface area contributed by atoms with Gasteiger partial charge in [-0.2, -0.15) is 13.2 Å². The van der Waals surface area contributed by atoms with Gasteiger partial charge in [0.25, 0.3) is 15.6 Å². The molecular formula is C28H23F4N3O6S. The van der Waals surface area contributed by atoms with Crippen LogP contribution in [0.5, 0.6) is 5.75 Å². The highest BCUT2D eigenvalue weighted by Crippen LogP contribution is 2.35. The summed E-state index contributed by atoms with van der Waals surface area (Å²) in [5.74, 6) is 4.50. The minimum absolute atomic E-state index is 0.0105. The molecule has 2 heterocycles. The lowest BCUT2D eigenvalue weighted by Gasteiger charge is -2.24. The van der Waals surface area contributed by atoms with Crippen molar-refractivity contribution < 1.29 is 40.0 Å². The third-order valence-corrected chi connectivity index (χ3v) is 8.06. The number of ether oxygens (including phenoxy) is 2. The molecule has 1 aliphatic carbocycles. The Morgan fingerprint density at radius 3 is 2.55 bits per heavy atom. The maximum atomic E-state index is 15.4. The Hall–Kier alpha value is -4.35. The summed E-state index contributed by atoms with van der Waals surface area (Å²) in [7, 11) is -2.75. The fourth-order valence-electron chi connectivity index (χ4n) is 4.73. The van der Waals surface area contributed by atoms with E-state index < -0.39 is 39.8 Å². The van der Waals surface area contributed by atoms with E-state index in [2.05, 4.69) is 26.2 Å². The number of hydrogen-bond acceptors (Lipinski definition) is 7. The Morgan fingerprint density at radius 1 is 1.12 bits per heavy atom. The molecule has 4 aromatic rings. The molecule has 1 N–H and O–H groups in total. The summed E-state index contributed by atoms with van der Waals surface area (Å²) < 4.78 is 98.0. The Bertz CT molecular complexity index is 1850. The van der Waals surface area contributed by atoms with Crippen LogP contribution in [0.15, 0.2) is 69.0 Å². The largest absolute Gasteiger partial charge is 0.495 e. The SMILES string of the molecule is COc1cc(C#CC2(OCC(F)(F)F)CCCC2)c(F)cc1-n1c(=O)ccc2cc(S(=O)(=O)Nc3ccon3)ccc21. The lowest BCUT2D eigenvalue weighted by atomic mass is 10.0. The van der Waals surface area contributed by atoms with Gasteiger partial charge < -0.3 is 14.0 Å². The number of alkyl halides is 3. The van der Waals surface area contributed by atoms with Gasteiger partial charge in [0, 0.05) is 29.7 Å². The smallest absolute Gasteiger partial charge is 0.411 e. The predicted octanol–water partition coefficient (Wildman–Crippen LogP) is 5.17. The maximum Gasteiger partial charge on any atom is 0.411 e. The highest BCUT2D eigenvalue weighted by atomic mass is 32.2. The standard InChI is InChI=1S/C28H23F4N3O6S/c1-39-24-15-18(8-12-27(10-2-3-11-27)40-17-28(30,31)32)21(29)16-23(24)35-22-6-5-20(14-19(22)4-7-26(35)36)42(37,38)34-25-9-13-41-33-25/h4-7,9,13-16H,2-3,10-11,17H2,1H3,(H,33,34). The normalized spacial score (nSPS) is 14.9. The number of pyridine rings is 1. The molecule has 0 spiro atoms. The summed E-state index contributed by atoms with van der Waals surface area (Å²) in [4.78, 5) is 12.9. The first kappa shape index (κ1) is 29.2. The number of methoxy groups -OCH3 is 1. The molecule has 220 valence electrons. The van der Waals surface area contributed by atoms with Gasteiger partial charge in [-0.15, -0.1) is 0 Å². The highest BCUT2D eigenvalue weighted by Gasteiger charge is 2.38. The molecule has 2 aromatic carbocycles. The van der Waals surface area contributed by atoms with Gasteiger partial charge >= 0.3 is 6.18 Å². The number of anilines is 1. The van der Waals surface area contributed by atoms with Crippen LogP contribution in [0.2, 0.25) is 0 Å². The number of sulfonamides is 1. The molecule has 1 aliphatic rings. The van der Waals surface area contributed by atoms with Crippen LogP contribution in [-0.2, 0) is 14.8 Å². The number of rotatable bonds is 7. The van der Waals surface area contributed by atoms with E-state index in [0.29, 0.717) is 18.2 Å². The molecule has 0 atom stereocenters. The summed E-state index contributed by atoms with van der Waals surface area (Å²) in [6.45, 7) is -1.46. The van der Waals surface area contributed by atoms with Gasteiger partial charge in [0.05, 0.1) is 28.8 Å². The van der Waals surface area contributed by atoms with Crippen LogP contribution in [-0.4, -0.2) is 43.6 Å². The van der Waals surface area contributed by atoms with E-state index in [4.69, 9.17) is 9.47 Å². The molecule has 0 saturated heterocycles. The van der Waals surface area contributed by atoms with Gasteiger partial charge in [0.1, 0.15) is 30.0 Å². The Morgan fingerprint density at radius 2 is 1.88 bits per heavy atom. The van der Waals surface area contributed by atoms with Crippen LogP contribution >= 0.6 is 0 Å². The van der Waals surface area contributed by atoms with Gasteiger partial charge in [-0.1, -0.05) is 17.0 Å². The molecule has 0 aliphatic heterocycles. The third-order valence-electron chi connectivity index (χ3n) is 6.71. The molecule has 0 bridgehead atoms. The second kappa shape index (κ2) is 11.1. The first-order chi connectivity index (χ1) is 19.9. The summed E-state index contributed by atoms with van der Waals surface area (Å²) in [5, 5.41) is 3.87. The number of nitrogens with one attached hydrogen (secondary N) is 1. The molecule has 0 unspecified atom stereocenters. The Balaban J connectivity index is 1.53. The summed E-state index contributed by atoms with van der Waals surface area (Å²) in [6, 6.07) is 10.2. The maximum absolute atomic E-state index is 15.4. The number of halogens is 4. The van der Waals surface area contributed by atoms with E-state index in [1.807, 2.05) is 0 Å². The fraction of sp³-hybridized carbons (Fsp3) is 0.286. The van der Waals surface area contributed by atoms with Crippen LogP contribution in [0.3, 0.4) is 0 Å². The van der Waals surface area contributed by atoms with Crippen LogP contribution in [0.4, 0.5) is 23.4 Å². The molecule has 42 heavy (non-hydrogen) atoms. The lowest BCUT2D eigenvalue weighted by molar-refractivity contribution is -0.194. The monoisotopic (exact) mass is 605 g/mol. The molecule has 14 heteroatoms. The Kier molecular flexibility index (Phi) is 7.74. The molecule has 9 nitrogen and oxygen atoms in total. The van der Waals surface area contributed by atoms with Gasteiger partial charge in [0.15, 0.2) is 5.82 Å². The minimum Gasteiger partial charge on any atom is -0.495 e. The Labute approximate surface area is 237 Å². The number of fused-ring (bicyclic) bond motifs is 1. The average molecular weight is 606 g/mol. The van der Waals surface area contributed by atoms with E-state index in [9.17, 15) is 26.4 Å². The van der Waals surface area contributed by atoms with Crippen molar-refractivity contribution in [3.8, 4) is 23.3 Å². The molecule has 1 saturated carbocycles. The molecule has 2 aromatic heterocycles. The topological polar surface area (TPSA) is 113 Å². The van der Waals surface area contributed by atoms with Crippen molar-refractivity contribution >= 4 is 26.7 Å². The van der Waals surface area contributed by atoms with Crippen LogP contribution in [0.1, 0.15) is 31.2 Å². The third kappa shape index (κ3) is 6.12. The number of hydrogen-bond donors (Lipinski definition) is 1. The molecule has 0 radical (unpaired) electrons. The molecule has 5 rings (SSSR count). The second-order valence-electron chi connectivity index (χ2n) is 9.58. The van der Waals surface area contributed by atoms with E-state index in [0.717, 1.165) is 10.6 Å². The summed E-state index contributed by atoms with van der Waals surface area (Å²) in [6.07, 6.45) is -1.51. The lowest BCUT2D eigenvalue weighted by Crippen LogP contribution is -2.32. The zero-order chi connectivity index (χ0) is 30.1. The summed E-state index contributed by atoms with van der Waals surface area (Å²) >= 11 is 0. The number of benzene rings is 2. The van der Waals surface area contributed by atoms with Crippen molar-refractivity contribution in [2.75, 3.05) is 18.4 Å². The van der Waals surface area contributed by atoms with Crippen molar-refractivity contribution in [2.45, 2.75) is 42.4 Å². The van der Waals surface area contributed by atoms with E-state index in [1.165, 1.54) is 55.8 Å². The average Bonchev–Trinajstić information content (AvgIpc) is 3.63. The second-order valence-corrected chi connectivity index (χ2v) is 11.3. The van der Waals surface area contributed by atoms with E-state index in [-0.39, 0.29) is 46.1 Å². The van der Waals surface area contributed by atoms with Crippen LogP contribution in [0.25, 0.3) is 16.6 Å². The van der Waals surface area contributed by atoms with E-state index >= 15 is 4.39 Å². The minimum atomic E-state index is -4.53. The van der Waals surface area contributed by atoms with Crippen molar-refractivity contribution in [1.29, 1.82) is 0 Å². The first-order valence-electron chi connectivity index (χ1n) is 12.6.